The molecule has 9 nitrogen and oxygen atoms in total. The van der Waals surface area contributed by atoms with Gasteiger partial charge in [-0.25, -0.2) is 14.5 Å². The van der Waals surface area contributed by atoms with Crippen LogP contribution in [0.2, 0.25) is 0 Å². The lowest BCUT2D eigenvalue weighted by Crippen LogP contribution is -2.13. The third kappa shape index (κ3) is 5.48. The summed E-state index contributed by atoms with van der Waals surface area (Å²) in [5.74, 6) is 1.04. The number of hydrogen-bond donors (Lipinski definition) is 1. The van der Waals surface area contributed by atoms with Crippen molar-refractivity contribution in [3.8, 4) is 17.1 Å². The number of carbonyl (C=O) groups excluding carboxylic acids is 1. The standard InChI is InChI=1S/C25H29BrN6O3/c1-15(6-5-9-32-22-8-7-18(26)12-21(22)30-25(32)27)14-35-23-19(13-28-31(23)3)20-11-17(24(33)34-4)10-16(2)29-20/h7-8,10-13,15H,5-6,9,14H2,1-4H3,(H2,27,30). The highest BCUT2D eigenvalue weighted by molar-refractivity contribution is 9.10. The fourth-order valence-corrected chi connectivity index (χ4v) is 4.42. The van der Waals surface area contributed by atoms with Crippen molar-refractivity contribution in [2.75, 3.05) is 19.5 Å². The number of fused-ring (bicyclic) bond motifs is 1. The third-order valence-electron chi connectivity index (χ3n) is 5.86. The normalized spacial score (nSPS) is 12.1. The van der Waals surface area contributed by atoms with E-state index < -0.39 is 5.97 Å². The molecule has 0 amide bonds. The second-order valence-electron chi connectivity index (χ2n) is 8.67. The van der Waals surface area contributed by atoms with Gasteiger partial charge in [0.2, 0.25) is 11.8 Å². The van der Waals surface area contributed by atoms with Gasteiger partial charge in [0.25, 0.3) is 0 Å². The maximum absolute atomic E-state index is 12.0. The van der Waals surface area contributed by atoms with Gasteiger partial charge in [-0.2, -0.15) is 5.10 Å². The SMILES string of the molecule is COC(=O)c1cc(C)nc(-c2cnn(C)c2OCC(C)CCCn2c(N)nc3cc(Br)ccc32)c1. The number of nitrogen functional groups attached to an aromatic ring is 1. The highest BCUT2D eigenvalue weighted by Gasteiger charge is 2.18. The first-order valence-electron chi connectivity index (χ1n) is 11.4. The number of pyridine rings is 1. The predicted molar refractivity (Wildman–Crippen MR) is 138 cm³/mol. The second kappa shape index (κ2) is 10.5. The molecular formula is C25H29BrN6O3. The molecule has 3 heterocycles. The minimum atomic E-state index is -0.407. The Morgan fingerprint density at radius 2 is 2.03 bits per heavy atom. The van der Waals surface area contributed by atoms with E-state index in [-0.39, 0.29) is 0 Å². The lowest BCUT2D eigenvalue weighted by Gasteiger charge is -2.15. The fraction of sp³-hybridized carbons (Fsp3) is 0.360. The quantitative estimate of drug-likeness (QED) is 0.304. The number of ether oxygens (including phenoxy) is 2. The van der Waals surface area contributed by atoms with Gasteiger partial charge in [0.15, 0.2) is 0 Å². The molecule has 0 radical (unpaired) electrons. The maximum Gasteiger partial charge on any atom is 0.337 e. The van der Waals surface area contributed by atoms with E-state index in [1.807, 2.05) is 32.2 Å². The van der Waals surface area contributed by atoms with E-state index >= 15 is 0 Å². The largest absolute Gasteiger partial charge is 0.477 e. The Bertz CT molecular complexity index is 1360. The minimum Gasteiger partial charge on any atom is -0.477 e. The molecule has 3 aromatic heterocycles. The summed E-state index contributed by atoms with van der Waals surface area (Å²) in [5, 5.41) is 4.34. The van der Waals surface area contributed by atoms with E-state index in [2.05, 4.69) is 42.5 Å². The number of rotatable bonds is 9. The van der Waals surface area contributed by atoms with Crippen LogP contribution in [0.4, 0.5) is 5.95 Å². The van der Waals surface area contributed by atoms with Gasteiger partial charge in [-0.15, -0.1) is 0 Å². The van der Waals surface area contributed by atoms with Gasteiger partial charge < -0.3 is 19.8 Å². The number of aromatic nitrogens is 5. The number of methoxy groups -OCH3 is 1. The zero-order valence-electron chi connectivity index (χ0n) is 20.3. The first-order valence-corrected chi connectivity index (χ1v) is 12.2. The van der Waals surface area contributed by atoms with Crippen molar-refractivity contribution in [3.05, 3.63) is 52.3 Å². The lowest BCUT2D eigenvalue weighted by molar-refractivity contribution is 0.0600. The summed E-state index contributed by atoms with van der Waals surface area (Å²) in [6.07, 6.45) is 3.60. The Balaban J connectivity index is 1.40. The number of carbonyl (C=O) groups is 1. The monoisotopic (exact) mass is 540 g/mol. The van der Waals surface area contributed by atoms with Crippen molar-refractivity contribution in [3.63, 3.8) is 0 Å². The molecule has 0 bridgehead atoms. The van der Waals surface area contributed by atoms with Crippen LogP contribution in [0.25, 0.3) is 22.3 Å². The second-order valence-corrected chi connectivity index (χ2v) is 9.59. The Morgan fingerprint density at radius 1 is 1.23 bits per heavy atom. The van der Waals surface area contributed by atoms with Crippen LogP contribution in [-0.4, -0.2) is 44.0 Å². The van der Waals surface area contributed by atoms with Crippen LogP contribution in [0.1, 0.15) is 35.8 Å². The van der Waals surface area contributed by atoms with Crippen molar-refractivity contribution in [1.82, 2.24) is 24.3 Å². The summed E-state index contributed by atoms with van der Waals surface area (Å²) >= 11 is 3.48. The maximum atomic E-state index is 12.0. The Morgan fingerprint density at radius 3 is 2.80 bits per heavy atom. The Kier molecular flexibility index (Phi) is 7.39. The molecule has 1 atom stereocenters. The highest BCUT2D eigenvalue weighted by Crippen LogP contribution is 2.30. The van der Waals surface area contributed by atoms with Crippen LogP contribution in [-0.2, 0) is 18.3 Å². The molecule has 10 heteroatoms. The van der Waals surface area contributed by atoms with Crippen LogP contribution in [0.3, 0.4) is 0 Å². The van der Waals surface area contributed by atoms with Crippen molar-refractivity contribution >= 4 is 38.9 Å². The van der Waals surface area contributed by atoms with Gasteiger partial charge >= 0.3 is 5.97 Å². The van der Waals surface area contributed by atoms with Crippen LogP contribution >= 0.6 is 15.9 Å². The van der Waals surface area contributed by atoms with Crippen molar-refractivity contribution in [1.29, 1.82) is 0 Å². The molecule has 1 aromatic carbocycles. The van der Waals surface area contributed by atoms with Gasteiger partial charge in [0, 0.05) is 23.8 Å². The van der Waals surface area contributed by atoms with Crippen molar-refractivity contribution < 1.29 is 14.3 Å². The lowest BCUT2D eigenvalue weighted by atomic mass is 10.1. The average Bonchev–Trinajstić information content (AvgIpc) is 3.35. The van der Waals surface area contributed by atoms with Gasteiger partial charge in [-0.05, 0) is 56.0 Å². The molecule has 4 rings (SSSR count). The number of imidazole rings is 1. The van der Waals surface area contributed by atoms with Gasteiger partial charge in [0.05, 0.1) is 47.8 Å². The van der Waals surface area contributed by atoms with E-state index in [4.69, 9.17) is 15.2 Å². The van der Waals surface area contributed by atoms with E-state index in [0.29, 0.717) is 41.3 Å². The average molecular weight is 541 g/mol. The molecule has 0 aliphatic heterocycles. The number of nitrogens with two attached hydrogens (primary N) is 1. The summed E-state index contributed by atoms with van der Waals surface area (Å²) in [6.45, 7) is 5.30. The number of halogens is 1. The molecule has 0 fully saturated rings. The smallest absolute Gasteiger partial charge is 0.337 e. The molecular weight excluding hydrogens is 512 g/mol. The predicted octanol–water partition coefficient (Wildman–Crippen LogP) is 4.77. The van der Waals surface area contributed by atoms with Crippen molar-refractivity contribution in [2.45, 2.75) is 33.2 Å². The zero-order valence-corrected chi connectivity index (χ0v) is 21.9. The van der Waals surface area contributed by atoms with E-state index in [1.165, 1.54) is 7.11 Å². The van der Waals surface area contributed by atoms with E-state index in [0.717, 1.165) is 40.5 Å². The molecule has 0 saturated carbocycles. The number of anilines is 1. The topological polar surface area (TPSA) is 110 Å². The molecule has 4 aromatic rings. The van der Waals surface area contributed by atoms with Crippen molar-refractivity contribution in [2.24, 2.45) is 13.0 Å². The number of aryl methyl sites for hydroxylation is 3. The molecule has 35 heavy (non-hydrogen) atoms. The molecule has 1 unspecified atom stereocenters. The molecule has 184 valence electrons. The number of esters is 1. The van der Waals surface area contributed by atoms with Crippen LogP contribution < -0.4 is 10.5 Å². The third-order valence-corrected chi connectivity index (χ3v) is 6.35. The molecule has 0 aliphatic carbocycles. The summed E-state index contributed by atoms with van der Waals surface area (Å²) in [7, 11) is 3.19. The first kappa shape index (κ1) is 24.7. The molecule has 0 saturated heterocycles. The number of hydrogen-bond acceptors (Lipinski definition) is 7. The summed E-state index contributed by atoms with van der Waals surface area (Å²) in [6, 6.07) is 9.40. The highest BCUT2D eigenvalue weighted by atomic mass is 79.9. The summed E-state index contributed by atoms with van der Waals surface area (Å²) in [5.41, 5.74) is 10.6. The fourth-order valence-electron chi connectivity index (χ4n) is 4.07. The van der Waals surface area contributed by atoms with Crippen LogP contribution in [0.15, 0.2) is 41.0 Å². The van der Waals surface area contributed by atoms with E-state index in [9.17, 15) is 4.79 Å². The first-order chi connectivity index (χ1) is 16.8. The summed E-state index contributed by atoms with van der Waals surface area (Å²) < 4.78 is 15.8. The molecule has 0 aliphatic rings. The Hall–Kier alpha value is -3.40. The number of nitrogens with zero attached hydrogens (tertiary/aromatic N) is 5. The van der Waals surface area contributed by atoms with Gasteiger partial charge in [-0.1, -0.05) is 22.9 Å². The zero-order chi connectivity index (χ0) is 25.1. The molecule has 0 spiro atoms. The van der Waals surface area contributed by atoms with Crippen LogP contribution in [0, 0.1) is 12.8 Å². The minimum absolute atomic E-state index is 0.305. The van der Waals surface area contributed by atoms with E-state index in [1.54, 1.807) is 23.0 Å². The van der Waals surface area contributed by atoms with Gasteiger partial charge in [-0.3, -0.25) is 4.98 Å². The van der Waals surface area contributed by atoms with Gasteiger partial charge in [0.1, 0.15) is 0 Å². The summed E-state index contributed by atoms with van der Waals surface area (Å²) in [4.78, 5) is 21.1. The number of benzene rings is 1. The van der Waals surface area contributed by atoms with Crippen LogP contribution in [0.5, 0.6) is 5.88 Å². The molecule has 2 N–H and O–H groups in total. The Labute approximate surface area is 212 Å².